The molecule has 4 heteroatoms. The third-order valence-corrected chi connectivity index (χ3v) is 5.21. The first kappa shape index (κ1) is 15.9. The van der Waals surface area contributed by atoms with E-state index in [0.29, 0.717) is 0 Å². The summed E-state index contributed by atoms with van der Waals surface area (Å²) in [7, 11) is 0. The third-order valence-electron chi connectivity index (χ3n) is 5.21. The van der Waals surface area contributed by atoms with Crippen molar-refractivity contribution in [1.82, 2.24) is 19.7 Å². The van der Waals surface area contributed by atoms with Crippen LogP contribution in [0.15, 0.2) is 42.7 Å². The van der Waals surface area contributed by atoms with Crippen LogP contribution in [0.2, 0.25) is 0 Å². The number of hydrogen-bond donors (Lipinski definition) is 1. The predicted molar refractivity (Wildman–Crippen MR) is 103 cm³/mol. The highest BCUT2D eigenvalue weighted by atomic mass is 15.1. The molecule has 0 amide bonds. The number of imidazole rings is 1. The van der Waals surface area contributed by atoms with E-state index in [1.165, 1.54) is 22.0 Å². The van der Waals surface area contributed by atoms with Crippen molar-refractivity contribution in [2.45, 2.75) is 46.1 Å². The topological polar surface area (TPSA) is 46.5 Å². The molecule has 0 radical (unpaired) electrons. The van der Waals surface area contributed by atoms with E-state index in [9.17, 15) is 0 Å². The van der Waals surface area contributed by atoms with Gasteiger partial charge in [-0.1, -0.05) is 32.0 Å². The Kier molecular flexibility index (Phi) is 3.64. The fourth-order valence-corrected chi connectivity index (χ4v) is 3.66. The number of fused-ring (bicyclic) bond motifs is 2. The maximum absolute atomic E-state index is 4.55. The van der Waals surface area contributed by atoms with Gasteiger partial charge in [-0.15, -0.1) is 0 Å². The first-order valence-corrected chi connectivity index (χ1v) is 8.87. The highest BCUT2D eigenvalue weighted by molar-refractivity contribution is 5.82. The van der Waals surface area contributed by atoms with Crippen molar-refractivity contribution < 1.29 is 0 Å². The van der Waals surface area contributed by atoms with E-state index >= 15 is 0 Å². The van der Waals surface area contributed by atoms with Crippen LogP contribution in [0, 0.1) is 6.92 Å². The summed E-state index contributed by atoms with van der Waals surface area (Å²) in [6.45, 7) is 9.73. The second kappa shape index (κ2) is 5.73. The minimum atomic E-state index is 0.0359. The van der Waals surface area contributed by atoms with Gasteiger partial charge in [-0.05, 0) is 55.0 Å². The summed E-state index contributed by atoms with van der Waals surface area (Å²) < 4.78 is 2.18. The summed E-state index contributed by atoms with van der Waals surface area (Å²) in [5.41, 5.74) is 7.13. The SMILES string of the molecule is CCn1cnc2cc(CC(C)(C)c3ccc4c(C)n[nH]c4c3)ccc21. The average Bonchev–Trinajstić information content (AvgIpc) is 3.17. The highest BCUT2D eigenvalue weighted by Crippen LogP contribution is 2.31. The van der Waals surface area contributed by atoms with Crippen LogP contribution in [-0.2, 0) is 18.4 Å². The lowest BCUT2D eigenvalue weighted by molar-refractivity contribution is 0.523. The Morgan fingerprint density at radius 2 is 1.96 bits per heavy atom. The quantitative estimate of drug-likeness (QED) is 0.585. The molecule has 0 aliphatic rings. The molecule has 0 atom stereocenters. The summed E-state index contributed by atoms with van der Waals surface area (Å²) in [5, 5.41) is 8.65. The van der Waals surface area contributed by atoms with E-state index in [1.807, 2.05) is 13.3 Å². The monoisotopic (exact) mass is 332 g/mol. The fraction of sp³-hybridized carbons (Fsp3) is 0.333. The van der Waals surface area contributed by atoms with Crippen molar-refractivity contribution >= 4 is 21.9 Å². The van der Waals surface area contributed by atoms with E-state index < -0.39 is 0 Å². The highest BCUT2D eigenvalue weighted by Gasteiger charge is 2.22. The molecule has 0 bridgehead atoms. The standard InChI is InChI=1S/C21H24N4/c1-5-25-13-22-19-10-15(6-9-20(19)25)12-21(3,4)16-7-8-17-14(2)23-24-18(17)11-16/h6-11,13H,5,12H2,1-4H3,(H,23,24). The van der Waals surface area contributed by atoms with Crippen LogP contribution in [-0.4, -0.2) is 19.7 Å². The van der Waals surface area contributed by atoms with Crippen molar-refractivity contribution in [2.24, 2.45) is 0 Å². The number of nitrogens with one attached hydrogen (secondary N) is 1. The first-order valence-electron chi connectivity index (χ1n) is 8.87. The summed E-state index contributed by atoms with van der Waals surface area (Å²) in [4.78, 5) is 4.55. The molecular formula is C21H24N4. The molecule has 4 aromatic rings. The zero-order chi connectivity index (χ0) is 17.6. The van der Waals surface area contributed by atoms with Gasteiger partial charge in [0.2, 0.25) is 0 Å². The molecule has 1 N–H and O–H groups in total. The molecule has 128 valence electrons. The van der Waals surface area contributed by atoms with Gasteiger partial charge in [0.05, 0.1) is 28.6 Å². The van der Waals surface area contributed by atoms with Crippen LogP contribution in [0.25, 0.3) is 21.9 Å². The van der Waals surface area contributed by atoms with Crippen molar-refractivity contribution in [3.05, 3.63) is 59.5 Å². The van der Waals surface area contributed by atoms with Gasteiger partial charge in [0.1, 0.15) is 0 Å². The molecule has 2 heterocycles. The molecule has 0 aliphatic heterocycles. The molecule has 0 aliphatic carbocycles. The predicted octanol–water partition coefficient (Wildman–Crippen LogP) is 4.76. The summed E-state index contributed by atoms with van der Waals surface area (Å²) in [6, 6.07) is 13.3. The van der Waals surface area contributed by atoms with Gasteiger partial charge in [-0.3, -0.25) is 5.10 Å². The number of H-pyrrole nitrogens is 1. The van der Waals surface area contributed by atoms with E-state index in [-0.39, 0.29) is 5.41 Å². The van der Waals surface area contributed by atoms with Gasteiger partial charge in [0.15, 0.2) is 0 Å². The molecule has 0 saturated heterocycles. The number of aromatic nitrogens is 4. The van der Waals surface area contributed by atoms with Crippen molar-refractivity contribution in [3.63, 3.8) is 0 Å². The first-order chi connectivity index (χ1) is 12.0. The van der Waals surface area contributed by atoms with Crippen LogP contribution >= 0.6 is 0 Å². The zero-order valence-corrected chi connectivity index (χ0v) is 15.3. The van der Waals surface area contributed by atoms with E-state index in [1.54, 1.807) is 0 Å². The Bertz CT molecular complexity index is 1050. The van der Waals surface area contributed by atoms with Crippen LogP contribution in [0.1, 0.15) is 37.6 Å². The van der Waals surface area contributed by atoms with E-state index in [4.69, 9.17) is 0 Å². The Labute approximate surface area is 147 Å². The Hall–Kier alpha value is -2.62. The molecule has 25 heavy (non-hydrogen) atoms. The summed E-state index contributed by atoms with van der Waals surface area (Å²) in [5.74, 6) is 0. The summed E-state index contributed by atoms with van der Waals surface area (Å²) >= 11 is 0. The average molecular weight is 332 g/mol. The number of aryl methyl sites for hydroxylation is 2. The lowest BCUT2D eigenvalue weighted by Gasteiger charge is -2.25. The second-order valence-corrected chi connectivity index (χ2v) is 7.48. The molecular weight excluding hydrogens is 308 g/mol. The van der Waals surface area contributed by atoms with E-state index in [2.05, 4.69) is 76.9 Å². The number of hydrogen-bond acceptors (Lipinski definition) is 2. The maximum atomic E-state index is 4.55. The minimum absolute atomic E-state index is 0.0359. The number of nitrogens with zero attached hydrogens (tertiary/aromatic N) is 3. The Balaban J connectivity index is 1.67. The van der Waals surface area contributed by atoms with Gasteiger partial charge < -0.3 is 4.57 Å². The Morgan fingerprint density at radius 1 is 1.12 bits per heavy atom. The van der Waals surface area contributed by atoms with Gasteiger partial charge >= 0.3 is 0 Å². The fourth-order valence-electron chi connectivity index (χ4n) is 3.66. The normalized spacial score (nSPS) is 12.3. The van der Waals surface area contributed by atoms with Gasteiger partial charge in [-0.25, -0.2) is 4.98 Å². The number of benzene rings is 2. The molecule has 0 spiro atoms. The maximum Gasteiger partial charge on any atom is 0.0958 e. The zero-order valence-electron chi connectivity index (χ0n) is 15.3. The van der Waals surface area contributed by atoms with Gasteiger partial charge in [0, 0.05) is 11.9 Å². The van der Waals surface area contributed by atoms with E-state index in [0.717, 1.165) is 29.7 Å². The van der Waals surface area contributed by atoms with Gasteiger partial charge in [-0.2, -0.15) is 5.10 Å². The second-order valence-electron chi connectivity index (χ2n) is 7.48. The van der Waals surface area contributed by atoms with Crippen molar-refractivity contribution in [1.29, 1.82) is 0 Å². The third kappa shape index (κ3) is 2.72. The van der Waals surface area contributed by atoms with Crippen LogP contribution < -0.4 is 0 Å². The molecule has 2 aromatic heterocycles. The largest absolute Gasteiger partial charge is 0.331 e. The lowest BCUT2D eigenvalue weighted by atomic mass is 9.79. The molecule has 0 saturated carbocycles. The number of rotatable bonds is 4. The Morgan fingerprint density at radius 3 is 2.76 bits per heavy atom. The molecule has 4 rings (SSSR count). The smallest absolute Gasteiger partial charge is 0.0958 e. The number of aromatic amines is 1. The van der Waals surface area contributed by atoms with Crippen LogP contribution in [0.4, 0.5) is 0 Å². The molecule has 4 nitrogen and oxygen atoms in total. The minimum Gasteiger partial charge on any atom is -0.331 e. The summed E-state index contributed by atoms with van der Waals surface area (Å²) in [6.07, 6.45) is 2.90. The van der Waals surface area contributed by atoms with Crippen molar-refractivity contribution in [3.8, 4) is 0 Å². The molecule has 2 aromatic carbocycles. The van der Waals surface area contributed by atoms with Gasteiger partial charge in [0.25, 0.3) is 0 Å². The van der Waals surface area contributed by atoms with Crippen molar-refractivity contribution in [2.75, 3.05) is 0 Å². The van der Waals surface area contributed by atoms with Crippen LogP contribution in [0.3, 0.4) is 0 Å². The molecule has 0 unspecified atom stereocenters. The molecule has 0 fully saturated rings. The van der Waals surface area contributed by atoms with Crippen LogP contribution in [0.5, 0.6) is 0 Å². The lowest BCUT2D eigenvalue weighted by Crippen LogP contribution is -2.20.